The maximum Gasteiger partial charge on any atom is 0.242 e. The molecule has 0 saturated carbocycles. The smallest absolute Gasteiger partial charge is 0.242 e. The van der Waals surface area contributed by atoms with E-state index in [-0.39, 0.29) is 31.3 Å². The van der Waals surface area contributed by atoms with Gasteiger partial charge in [-0.2, -0.15) is 0 Å². The van der Waals surface area contributed by atoms with E-state index in [9.17, 15) is 18.0 Å². The zero-order valence-electron chi connectivity index (χ0n) is 22.3. The molecule has 1 atom stereocenters. The van der Waals surface area contributed by atoms with Gasteiger partial charge in [0.25, 0.3) is 0 Å². The average Bonchev–Trinajstić information content (AvgIpc) is 2.75. The molecule has 0 aliphatic carbocycles. The zero-order valence-corrected chi connectivity index (χ0v) is 24.7. The van der Waals surface area contributed by atoms with E-state index in [4.69, 9.17) is 0 Å². The van der Waals surface area contributed by atoms with Gasteiger partial charge in [0.15, 0.2) is 0 Å². The molecule has 36 heavy (non-hydrogen) atoms. The van der Waals surface area contributed by atoms with Crippen LogP contribution >= 0.6 is 15.9 Å². The van der Waals surface area contributed by atoms with Gasteiger partial charge in [-0.1, -0.05) is 34.1 Å². The molecule has 0 fully saturated rings. The van der Waals surface area contributed by atoms with Crippen LogP contribution in [0.5, 0.6) is 0 Å². The van der Waals surface area contributed by atoms with Gasteiger partial charge in [0, 0.05) is 29.5 Å². The molecular weight excluding hydrogens is 542 g/mol. The maximum absolute atomic E-state index is 13.4. The van der Waals surface area contributed by atoms with E-state index >= 15 is 0 Å². The van der Waals surface area contributed by atoms with Gasteiger partial charge < -0.3 is 10.2 Å². The van der Waals surface area contributed by atoms with Crippen molar-refractivity contribution in [3.63, 3.8) is 0 Å². The van der Waals surface area contributed by atoms with Crippen LogP contribution < -0.4 is 9.62 Å². The van der Waals surface area contributed by atoms with Gasteiger partial charge in [0.1, 0.15) is 6.04 Å². The molecule has 0 aliphatic heterocycles. The summed E-state index contributed by atoms with van der Waals surface area (Å²) in [5.41, 5.74) is 3.12. The normalized spacial score (nSPS) is 12.7. The van der Waals surface area contributed by atoms with Crippen molar-refractivity contribution < 1.29 is 18.0 Å². The van der Waals surface area contributed by atoms with Crippen LogP contribution in [0.2, 0.25) is 0 Å². The Labute approximate surface area is 224 Å². The number of hydrogen-bond donors (Lipinski definition) is 1. The van der Waals surface area contributed by atoms with Crippen LogP contribution in [0.25, 0.3) is 0 Å². The summed E-state index contributed by atoms with van der Waals surface area (Å²) >= 11 is 3.42. The quantitative estimate of drug-likeness (QED) is 0.431. The second kappa shape index (κ2) is 12.2. The third-order valence-corrected chi connectivity index (χ3v) is 7.59. The van der Waals surface area contributed by atoms with Crippen molar-refractivity contribution in [2.24, 2.45) is 0 Å². The molecule has 198 valence electrons. The molecule has 2 amide bonds. The second-order valence-corrected chi connectivity index (χ2v) is 13.1. The fourth-order valence-corrected chi connectivity index (χ4v) is 4.95. The standard InChI is InChI=1S/C27H38BrN3O4S/c1-19-10-15-24(17-20(19)2)31(36(7,34)35)16-8-9-25(32)30(18-22-11-13-23(28)14-12-22)21(3)26(33)29-27(4,5)6/h10-15,17,21H,8-9,16,18H2,1-7H3,(H,29,33)/t21-/m1/s1. The first kappa shape index (κ1) is 29.8. The molecule has 0 radical (unpaired) electrons. The van der Waals surface area contributed by atoms with Crippen molar-refractivity contribution in [3.05, 3.63) is 63.6 Å². The summed E-state index contributed by atoms with van der Waals surface area (Å²) < 4.78 is 27.3. The summed E-state index contributed by atoms with van der Waals surface area (Å²) in [6.45, 7) is 11.8. The molecule has 0 unspecified atom stereocenters. The van der Waals surface area contributed by atoms with Crippen molar-refractivity contribution in [2.75, 3.05) is 17.1 Å². The molecule has 0 aromatic heterocycles. The molecule has 0 saturated heterocycles. The molecule has 2 aromatic rings. The Morgan fingerprint density at radius 1 is 1.03 bits per heavy atom. The van der Waals surface area contributed by atoms with Gasteiger partial charge in [0.05, 0.1) is 11.9 Å². The van der Waals surface area contributed by atoms with E-state index in [1.54, 1.807) is 17.9 Å². The lowest BCUT2D eigenvalue weighted by Gasteiger charge is -2.32. The average molecular weight is 581 g/mol. The zero-order chi connectivity index (χ0) is 27.3. The van der Waals surface area contributed by atoms with E-state index in [1.165, 1.54) is 10.6 Å². The Bertz CT molecular complexity index is 1170. The van der Waals surface area contributed by atoms with E-state index in [0.29, 0.717) is 12.1 Å². The van der Waals surface area contributed by atoms with Gasteiger partial charge in [-0.25, -0.2) is 8.42 Å². The van der Waals surface area contributed by atoms with Crippen LogP contribution in [0.15, 0.2) is 46.9 Å². The number of nitrogens with zero attached hydrogens (tertiary/aromatic N) is 2. The van der Waals surface area contributed by atoms with E-state index < -0.39 is 21.6 Å². The molecule has 2 rings (SSSR count). The molecule has 7 nitrogen and oxygen atoms in total. The number of sulfonamides is 1. The lowest BCUT2D eigenvalue weighted by atomic mass is 10.1. The summed E-state index contributed by atoms with van der Waals surface area (Å²) in [6.07, 6.45) is 1.60. The summed E-state index contributed by atoms with van der Waals surface area (Å²) in [5, 5.41) is 2.95. The van der Waals surface area contributed by atoms with E-state index in [1.807, 2.05) is 71.0 Å². The monoisotopic (exact) mass is 579 g/mol. The first-order valence-corrected chi connectivity index (χ1v) is 14.6. The first-order chi connectivity index (χ1) is 16.6. The highest BCUT2D eigenvalue weighted by molar-refractivity contribution is 9.10. The molecule has 2 aromatic carbocycles. The summed E-state index contributed by atoms with van der Waals surface area (Å²) in [7, 11) is -3.53. The number of nitrogens with one attached hydrogen (secondary N) is 1. The predicted molar refractivity (Wildman–Crippen MR) is 149 cm³/mol. The third kappa shape index (κ3) is 8.92. The number of halogens is 1. The Morgan fingerprint density at radius 2 is 1.64 bits per heavy atom. The lowest BCUT2D eigenvalue weighted by Crippen LogP contribution is -2.52. The van der Waals surface area contributed by atoms with Crippen molar-refractivity contribution in [1.29, 1.82) is 0 Å². The fourth-order valence-electron chi connectivity index (χ4n) is 3.73. The highest BCUT2D eigenvalue weighted by atomic mass is 79.9. The predicted octanol–water partition coefficient (Wildman–Crippen LogP) is 4.94. The number of carbonyl (C=O) groups is 2. The number of rotatable bonds is 10. The maximum atomic E-state index is 13.4. The minimum atomic E-state index is -3.53. The van der Waals surface area contributed by atoms with Gasteiger partial charge >= 0.3 is 0 Å². The molecule has 9 heteroatoms. The SMILES string of the molecule is Cc1ccc(N(CCCC(=O)N(Cc2ccc(Br)cc2)[C@H](C)C(=O)NC(C)(C)C)S(C)(=O)=O)cc1C. The summed E-state index contributed by atoms with van der Waals surface area (Å²) in [4.78, 5) is 27.8. The summed E-state index contributed by atoms with van der Waals surface area (Å²) in [5.74, 6) is -0.441. The lowest BCUT2D eigenvalue weighted by molar-refractivity contribution is -0.141. The van der Waals surface area contributed by atoms with Crippen LogP contribution in [-0.2, 0) is 26.2 Å². The van der Waals surface area contributed by atoms with Crippen LogP contribution in [0.1, 0.15) is 57.2 Å². The van der Waals surface area contributed by atoms with Gasteiger partial charge in [-0.15, -0.1) is 0 Å². The number of amides is 2. The van der Waals surface area contributed by atoms with Crippen LogP contribution in [-0.4, -0.2) is 49.5 Å². The number of aryl methyl sites for hydroxylation is 2. The van der Waals surface area contributed by atoms with Crippen LogP contribution in [0, 0.1) is 13.8 Å². The Balaban J connectivity index is 2.20. The van der Waals surface area contributed by atoms with Crippen molar-refractivity contribution in [2.45, 2.75) is 72.5 Å². The Kier molecular flexibility index (Phi) is 10.1. The molecule has 0 heterocycles. The highest BCUT2D eigenvalue weighted by Gasteiger charge is 2.28. The Hall–Kier alpha value is -2.39. The topological polar surface area (TPSA) is 86.8 Å². The molecular formula is C27H38BrN3O4S. The molecule has 1 N–H and O–H groups in total. The molecule has 0 bridgehead atoms. The van der Waals surface area contributed by atoms with Crippen molar-refractivity contribution >= 4 is 43.5 Å². The highest BCUT2D eigenvalue weighted by Crippen LogP contribution is 2.22. The van der Waals surface area contributed by atoms with Crippen LogP contribution in [0.4, 0.5) is 5.69 Å². The van der Waals surface area contributed by atoms with Gasteiger partial charge in [-0.05, 0) is 88.9 Å². The van der Waals surface area contributed by atoms with Crippen molar-refractivity contribution in [3.8, 4) is 0 Å². The number of carbonyl (C=O) groups excluding carboxylic acids is 2. The number of benzene rings is 2. The number of hydrogen-bond acceptors (Lipinski definition) is 4. The van der Waals surface area contributed by atoms with Gasteiger partial charge in [-0.3, -0.25) is 13.9 Å². The van der Waals surface area contributed by atoms with E-state index in [2.05, 4.69) is 21.2 Å². The first-order valence-electron chi connectivity index (χ1n) is 12.0. The van der Waals surface area contributed by atoms with Crippen molar-refractivity contribution in [1.82, 2.24) is 10.2 Å². The van der Waals surface area contributed by atoms with E-state index in [0.717, 1.165) is 21.2 Å². The minimum Gasteiger partial charge on any atom is -0.350 e. The largest absolute Gasteiger partial charge is 0.350 e. The van der Waals surface area contributed by atoms with Gasteiger partial charge in [0.2, 0.25) is 21.8 Å². The number of anilines is 1. The summed E-state index contributed by atoms with van der Waals surface area (Å²) in [6, 6.07) is 12.4. The molecule has 0 spiro atoms. The second-order valence-electron chi connectivity index (χ2n) is 10.3. The third-order valence-electron chi connectivity index (χ3n) is 5.86. The fraction of sp³-hybridized carbons (Fsp3) is 0.481. The molecule has 0 aliphatic rings. The Morgan fingerprint density at radius 3 is 2.17 bits per heavy atom. The van der Waals surface area contributed by atoms with Crippen LogP contribution in [0.3, 0.4) is 0 Å². The minimum absolute atomic E-state index is 0.112.